The molecule has 6 rings (SSSR count). The molecule has 38 heavy (non-hydrogen) atoms. The molecule has 2 bridgehead atoms. The number of fused-ring (bicyclic) bond motifs is 7. The van der Waals surface area contributed by atoms with E-state index in [1.807, 2.05) is 19.9 Å². The second kappa shape index (κ2) is 8.84. The Kier molecular flexibility index (Phi) is 5.68. The zero-order valence-corrected chi connectivity index (χ0v) is 22.6. The number of rotatable bonds is 1. The van der Waals surface area contributed by atoms with Crippen LogP contribution in [0.25, 0.3) is 21.2 Å². The summed E-state index contributed by atoms with van der Waals surface area (Å²) in [5.41, 5.74) is 4.78. The summed E-state index contributed by atoms with van der Waals surface area (Å²) in [6.45, 7) is 7.40. The molecule has 0 radical (unpaired) electrons. The Balaban J connectivity index is 1.79. The van der Waals surface area contributed by atoms with E-state index in [2.05, 4.69) is 17.1 Å². The van der Waals surface area contributed by atoms with Crippen molar-refractivity contribution in [1.82, 2.24) is 4.57 Å². The lowest BCUT2D eigenvalue weighted by atomic mass is 9.79. The van der Waals surface area contributed by atoms with Gasteiger partial charge in [0.2, 0.25) is 0 Å². The van der Waals surface area contributed by atoms with Gasteiger partial charge in [-0.2, -0.15) is 10.2 Å². The summed E-state index contributed by atoms with van der Waals surface area (Å²) >= 11 is 1.37. The molecule has 2 aromatic carbocycles. The van der Waals surface area contributed by atoms with E-state index < -0.39 is 0 Å². The highest BCUT2D eigenvalue weighted by atomic mass is 32.1. The minimum absolute atomic E-state index is 0.0383. The Bertz CT molecular complexity index is 1800. The zero-order chi connectivity index (χ0) is 26.9. The lowest BCUT2D eigenvalue weighted by molar-refractivity contribution is 0.101. The summed E-state index contributed by atoms with van der Waals surface area (Å²) < 4.78 is 23.8. The summed E-state index contributed by atoms with van der Waals surface area (Å²) in [5, 5.41) is 9.92. The van der Waals surface area contributed by atoms with Crippen molar-refractivity contribution in [3.05, 3.63) is 80.3 Å². The Hall–Kier alpha value is -3.91. The number of hydrogen-bond acceptors (Lipinski definition) is 6. The van der Waals surface area contributed by atoms with E-state index in [0.29, 0.717) is 50.6 Å². The highest BCUT2D eigenvalue weighted by Crippen LogP contribution is 2.47. The van der Waals surface area contributed by atoms with Gasteiger partial charge in [0.1, 0.15) is 22.0 Å². The summed E-state index contributed by atoms with van der Waals surface area (Å²) in [7, 11) is 1.72. The van der Waals surface area contributed by atoms with Crippen LogP contribution in [0.5, 0.6) is 11.5 Å². The number of ketones is 1. The van der Waals surface area contributed by atoms with Crippen LogP contribution < -0.4 is 10.3 Å². The number of benzene rings is 2. The lowest BCUT2D eigenvalue weighted by Crippen LogP contribution is -2.21. The number of carbonyl (C=O) groups is 1. The van der Waals surface area contributed by atoms with Crippen LogP contribution in [0.1, 0.15) is 59.5 Å². The number of thiophene rings is 1. The number of hydrogen-bond donors (Lipinski definition) is 0. The van der Waals surface area contributed by atoms with Crippen LogP contribution in [0.2, 0.25) is 0 Å². The minimum atomic E-state index is -0.355. The second-order valence-electron chi connectivity index (χ2n) is 10.3. The van der Waals surface area contributed by atoms with Crippen molar-refractivity contribution in [1.29, 1.82) is 0 Å². The number of nitrogens with zero attached hydrogens (tertiary/aromatic N) is 3. The first-order valence-electron chi connectivity index (χ1n) is 12.5. The zero-order valence-electron chi connectivity index (χ0n) is 21.8. The van der Waals surface area contributed by atoms with Gasteiger partial charge >= 0.3 is 0 Å². The Morgan fingerprint density at radius 2 is 1.92 bits per heavy atom. The molecule has 2 aromatic heterocycles. The van der Waals surface area contributed by atoms with Crippen molar-refractivity contribution < 1.29 is 13.9 Å². The van der Waals surface area contributed by atoms with Crippen LogP contribution >= 0.6 is 11.3 Å². The SMILES string of the molecule is CC(=O)c1ccc2c(c1)-c1cn(C)c(=O)c3sc(cc13)C1=NN=C(C)CC(C)C1c1cc(F)cc(C)c1O2. The molecule has 0 fully saturated rings. The lowest BCUT2D eigenvalue weighted by Gasteiger charge is -2.27. The molecule has 4 aromatic rings. The second-order valence-corrected chi connectivity index (χ2v) is 11.4. The molecule has 6 nitrogen and oxygen atoms in total. The van der Waals surface area contributed by atoms with E-state index >= 15 is 0 Å². The third-order valence-electron chi connectivity index (χ3n) is 7.41. The molecule has 0 spiro atoms. The van der Waals surface area contributed by atoms with Gasteiger partial charge in [-0.1, -0.05) is 6.92 Å². The first kappa shape index (κ1) is 24.4. The molecular weight excluding hydrogens is 501 g/mol. The molecule has 2 unspecified atom stereocenters. The molecule has 8 heteroatoms. The molecule has 0 amide bonds. The predicted octanol–water partition coefficient (Wildman–Crippen LogP) is 7.01. The van der Waals surface area contributed by atoms with Gasteiger partial charge in [0, 0.05) is 52.5 Å². The largest absolute Gasteiger partial charge is 0.456 e. The number of halogens is 1. The van der Waals surface area contributed by atoms with Crippen molar-refractivity contribution in [2.45, 2.75) is 40.0 Å². The molecule has 0 N–H and O–H groups in total. The van der Waals surface area contributed by atoms with Gasteiger partial charge in [0.25, 0.3) is 5.56 Å². The highest BCUT2D eigenvalue weighted by Gasteiger charge is 2.34. The average molecular weight is 528 g/mol. The molecule has 0 saturated heterocycles. The fourth-order valence-electron chi connectivity index (χ4n) is 5.61. The molecule has 2 aliphatic heterocycles. The van der Waals surface area contributed by atoms with E-state index in [1.165, 1.54) is 30.4 Å². The maximum atomic E-state index is 15.0. The molecule has 4 heterocycles. The fourth-order valence-corrected chi connectivity index (χ4v) is 6.79. The number of ether oxygens (including phenoxy) is 1. The quantitative estimate of drug-likeness (QED) is 0.250. The van der Waals surface area contributed by atoms with Gasteiger partial charge < -0.3 is 9.30 Å². The highest BCUT2D eigenvalue weighted by molar-refractivity contribution is 7.21. The normalized spacial score (nSPS) is 18.4. The van der Waals surface area contributed by atoms with Crippen molar-refractivity contribution in [3.8, 4) is 22.6 Å². The third-order valence-corrected chi connectivity index (χ3v) is 8.56. The summed E-state index contributed by atoms with van der Waals surface area (Å²) in [4.78, 5) is 26.4. The van der Waals surface area contributed by atoms with Gasteiger partial charge in [0.15, 0.2) is 5.78 Å². The number of Topliss-reactive ketones (excluding diaryl/α,β-unsaturated/α-hetero) is 1. The van der Waals surface area contributed by atoms with E-state index in [-0.39, 0.29) is 29.0 Å². The summed E-state index contributed by atoms with van der Waals surface area (Å²) in [6.07, 6.45) is 2.46. The topological polar surface area (TPSA) is 73.0 Å². The van der Waals surface area contributed by atoms with Crippen molar-refractivity contribution in [2.24, 2.45) is 23.2 Å². The van der Waals surface area contributed by atoms with Crippen molar-refractivity contribution in [2.75, 3.05) is 0 Å². The van der Waals surface area contributed by atoms with E-state index in [4.69, 9.17) is 4.74 Å². The summed E-state index contributed by atoms with van der Waals surface area (Å²) in [6, 6.07) is 10.3. The monoisotopic (exact) mass is 527 g/mol. The number of aryl methyl sites for hydroxylation is 2. The van der Waals surface area contributed by atoms with Gasteiger partial charge in [-0.3, -0.25) is 9.59 Å². The molecule has 0 saturated carbocycles. The van der Waals surface area contributed by atoms with E-state index in [0.717, 1.165) is 21.5 Å². The number of aromatic nitrogens is 1. The standard InChI is InChI=1S/C30H26FN3O3S/c1-14-8-16(3)32-33-27-25-12-21-23(13-34(5)30(36)29(21)38-25)20-10-18(17(4)35)6-7-24(20)37-28-15(2)9-19(31)11-22(28)26(14)27/h6-7,9-14,26H,8H2,1-5H3. The Labute approximate surface area is 223 Å². The van der Waals surface area contributed by atoms with Crippen LogP contribution in [0.15, 0.2) is 57.6 Å². The van der Waals surface area contributed by atoms with Gasteiger partial charge in [-0.05, 0) is 75.1 Å². The minimum Gasteiger partial charge on any atom is -0.456 e. The number of carbonyl (C=O) groups excluding carboxylic acids is 1. The van der Waals surface area contributed by atoms with Crippen LogP contribution in [-0.2, 0) is 7.05 Å². The molecule has 192 valence electrons. The maximum absolute atomic E-state index is 15.0. The summed E-state index contributed by atoms with van der Waals surface area (Å²) in [5.74, 6) is 0.367. The first-order valence-corrected chi connectivity index (χ1v) is 13.3. The average Bonchev–Trinajstić information content (AvgIpc) is 3.23. The maximum Gasteiger partial charge on any atom is 0.268 e. The van der Waals surface area contributed by atoms with E-state index in [9.17, 15) is 14.0 Å². The molecular formula is C30H26FN3O3S. The molecule has 0 aliphatic carbocycles. The van der Waals surface area contributed by atoms with Gasteiger partial charge in [0.05, 0.1) is 10.6 Å². The van der Waals surface area contributed by atoms with Gasteiger partial charge in [-0.15, -0.1) is 11.3 Å². The van der Waals surface area contributed by atoms with Crippen molar-refractivity contribution in [3.63, 3.8) is 0 Å². The van der Waals surface area contributed by atoms with Crippen LogP contribution in [0, 0.1) is 18.7 Å². The van der Waals surface area contributed by atoms with Crippen LogP contribution in [-0.4, -0.2) is 21.8 Å². The first-order chi connectivity index (χ1) is 18.1. The Morgan fingerprint density at radius 1 is 1.13 bits per heavy atom. The Morgan fingerprint density at radius 3 is 2.68 bits per heavy atom. The van der Waals surface area contributed by atoms with E-state index in [1.54, 1.807) is 36.0 Å². The number of pyridine rings is 1. The van der Waals surface area contributed by atoms with Crippen LogP contribution in [0.3, 0.4) is 0 Å². The predicted molar refractivity (Wildman–Crippen MR) is 150 cm³/mol. The van der Waals surface area contributed by atoms with Gasteiger partial charge in [-0.25, -0.2) is 4.39 Å². The molecule has 2 aliphatic rings. The van der Waals surface area contributed by atoms with Crippen molar-refractivity contribution >= 4 is 38.6 Å². The third kappa shape index (κ3) is 3.82. The van der Waals surface area contributed by atoms with Crippen LogP contribution in [0.4, 0.5) is 4.39 Å². The fraction of sp³-hybridized carbons (Fsp3) is 0.267. The smallest absolute Gasteiger partial charge is 0.268 e. The molecule has 2 atom stereocenters.